The lowest BCUT2D eigenvalue weighted by Crippen LogP contribution is -2.40. The van der Waals surface area contributed by atoms with Gasteiger partial charge in [0, 0.05) is 17.4 Å². The number of ketones is 1. The van der Waals surface area contributed by atoms with Crippen LogP contribution in [0.15, 0.2) is 152 Å². The van der Waals surface area contributed by atoms with Crippen LogP contribution in [0.4, 0.5) is 0 Å². The first-order chi connectivity index (χ1) is 34.5. The fraction of sp³-hybridized carbons (Fsp3) is 0.344. The van der Waals surface area contributed by atoms with Crippen molar-refractivity contribution in [2.45, 2.75) is 96.7 Å². The van der Waals surface area contributed by atoms with E-state index >= 15 is 0 Å². The maximum atomic E-state index is 12.0. The molecule has 0 aliphatic heterocycles. The summed E-state index contributed by atoms with van der Waals surface area (Å²) in [4.78, 5) is 47.1. The highest BCUT2D eigenvalue weighted by Gasteiger charge is 2.43. The van der Waals surface area contributed by atoms with Gasteiger partial charge in [-0.2, -0.15) is 0 Å². The first kappa shape index (κ1) is 51.8. The number of carbonyl (C=O) groups excluding carboxylic acids is 4. The van der Waals surface area contributed by atoms with Crippen LogP contribution in [0, 0.1) is 17.8 Å². The Morgan fingerprint density at radius 2 is 0.944 bits per heavy atom. The van der Waals surface area contributed by atoms with E-state index in [1.807, 2.05) is 110 Å². The largest absolute Gasteiger partial charge is 0.508 e. The van der Waals surface area contributed by atoms with Gasteiger partial charge in [-0.15, -0.1) is 0 Å². The van der Waals surface area contributed by atoms with E-state index < -0.39 is 5.60 Å². The van der Waals surface area contributed by atoms with Gasteiger partial charge in [-0.05, 0) is 160 Å². The van der Waals surface area contributed by atoms with Crippen LogP contribution < -0.4 is 4.74 Å². The van der Waals surface area contributed by atoms with Crippen molar-refractivity contribution in [3.8, 4) is 11.5 Å². The Hall–Kier alpha value is -7.04. The van der Waals surface area contributed by atoms with E-state index in [-0.39, 0.29) is 35.5 Å². The summed E-state index contributed by atoms with van der Waals surface area (Å²) in [5.74, 6) is 1.60. The Balaban J connectivity index is 0.000000164. The second-order valence-corrected chi connectivity index (χ2v) is 18.4. The van der Waals surface area contributed by atoms with Crippen molar-refractivity contribution in [2.24, 2.45) is 17.8 Å². The quantitative estimate of drug-likeness (QED) is 0.0515. The minimum atomic E-state index is -1.09. The lowest BCUT2D eigenvalue weighted by molar-refractivity contribution is -0.0200. The van der Waals surface area contributed by atoms with Gasteiger partial charge in [0.25, 0.3) is 0 Å². The minimum absolute atomic E-state index is 0.150. The monoisotopic (exact) mass is 958 g/mol. The zero-order valence-electron chi connectivity index (χ0n) is 41.1. The van der Waals surface area contributed by atoms with Crippen molar-refractivity contribution in [3.63, 3.8) is 0 Å². The molecule has 3 aliphatic carbocycles. The van der Waals surface area contributed by atoms with E-state index in [0.717, 1.165) is 61.0 Å². The number of rotatable bonds is 17. The second kappa shape index (κ2) is 25.2. The highest BCUT2D eigenvalue weighted by Crippen LogP contribution is 2.47. The number of aromatic hydroxyl groups is 1. The molecule has 2 unspecified atom stereocenters. The first-order valence-electron chi connectivity index (χ1n) is 25.2. The molecule has 3 aliphatic rings. The van der Waals surface area contributed by atoms with Crippen LogP contribution in [0.1, 0.15) is 154 Å². The number of carbonyl (C=O) groups is 4. The fourth-order valence-corrected chi connectivity index (χ4v) is 9.21. The van der Waals surface area contributed by atoms with Gasteiger partial charge >= 0.3 is 17.9 Å². The maximum Gasteiger partial charge on any atom is 0.338 e. The number of phenolic OH excluding ortho intramolecular Hbond substituents is 1. The number of esters is 3. The van der Waals surface area contributed by atoms with Crippen LogP contribution in [-0.2, 0) is 26.4 Å². The van der Waals surface area contributed by atoms with Crippen LogP contribution >= 0.6 is 0 Å². The molecule has 2 atom stereocenters. The van der Waals surface area contributed by atoms with E-state index in [0.29, 0.717) is 66.3 Å². The molecule has 2 N–H and O–H groups in total. The Labute approximate surface area is 418 Å². The third-order valence-electron chi connectivity index (χ3n) is 13.9. The van der Waals surface area contributed by atoms with Crippen LogP contribution in [0.25, 0.3) is 0 Å². The van der Waals surface area contributed by atoms with Gasteiger partial charge in [-0.25, -0.2) is 14.4 Å². The summed E-state index contributed by atoms with van der Waals surface area (Å²) in [6.45, 7) is 6.96. The number of Topliss-reactive ketones (excluding diaryl/α,β-unsaturated/α-hetero) is 1. The van der Waals surface area contributed by atoms with Gasteiger partial charge in [-0.1, -0.05) is 110 Å². The fourth-order valence-electron chi connectivity index (χ4n) is 9.21. The Morgan fingerprint density at radius 3 is 1.37 bits per heavy atom. The topological polar surface area (TPSA) is 146 Å². The molecule has 0 radical (unpaired) electrons. The third kappa shape index (κ3) is 13.2. The van der Waals surface area contributed by atoms with Gasteiger partial charge in [0.2, 0.25) is 0 Å². The molecule has 0 heterocycles. The summed E-state index contributed by atoms with van der Waals surface area (Å²) in [6.07, 6.45) is 9.95. The van der Waals surface area contributed by atoms with E-state index in [4.69, 9.17) is 18.9 Å². The van der Waals surface area contributed by atoms with E-state index in [1.165, 1.54) is 30.4 Å². The van der Waals surface area contributed by atoms with E-state index in [1.54, 1.807) is 62.4 Å². The maximum absolute atomic E-state index is 12.0. The molecule has 6 aromatic carbocycles. The van der Waals surface area contributed by atoms with Gasteiger partial charge in [0.15, 0.2) is 5.78 Å². The summed E-state index contributed by atoms with van der Waals surface area (Å²) < 4.78 is 20.9. The molecular formula is C61H66O10. The average Bonchev–Trinajstić information content (AvgIpc) is 3.35. The first-order valence-corrected chi connectivity index (χ1v) is 25.2. The molecule has 71 heavy (non-hydrogen) atoms. The number of benzene rings is 6. The SMILES string of the molecule is CCOC(=O)c1ccc(C(=O)C2CCC2)cc1.CCOC(=O)c1ccc(C(O)(c2ccc(OCc3ccccc3)cc2)C2CCC2)cc1.CCOC(=O)c1ccc(C(c2ccc(O)cc2)C2CCC2)cc1. The molecule has 3 saturated carbocycles. The van der Waals surface area contributed by atoms with E-state index in [9.17, 15) is 29.4 Å². The number of phenols is 1. The highest BCUT2D eigenvalue weighted by molar-refractivity contribution is 5.99. The summed E-state index contributed by atoms with van der Waals surface area (Å²) in [7, 11) is 0. The van der Waals surface area contributed by atoms with Gasteiger partial charge in [0.1, 0.15) is 23.7 Å². The molecular weight excluding hydrogens is 893 g/mol. The molecule has 3 fully saturated rings. The number of ether oxygens (including phenoxy) is 4. The van der Waals surface area contributed by atoms with E-state index in [2.05, 4.69) is 0 Å². The molecule has 10 heteroatoms. The summed E-state index contributed by atoms with van der Waals surface area (Å²) >= 11 is 0. The van der Waals surface area contributed by atoms with Gasteiger partial charge < -0.3 is 29.2 Å². The van der Waals surface area contributed by atoms with Crippen molar-refractivity contribution in [1.29, 1.82) is 0 Å². The number of hydrogen-bond donors (Lipinski definition) is 2. The van der Waals surface area contributed by atoms with Crippen molar-refractivity contribution in [2.75, 3.05) is 19.8 Å². The van der Waals surface area contributed by atoms with Crippen molar-refractivity contribution < 1.29 is 48.3 Å². The smallest absolute Gasteiger partial charge is 0.338 e. The van der Waals surface area contributed by atoms with Crippen LogP contribution in [0.2, 0.25) is 0 Å². The predicted molar refractivity (Wildman–Crippen MR) is 274 cm³/mol. The Morgan fingerprint density at radius 1 is 0.521 bits per heavy atom. The number of hydrogen-bond acceptors (Lipinski definition) is 10. The summed E-state index contributed by atoms with van der Waals surface area (Å²) in [5.41, 5.74) is 6.36. The number of aliphatic hydroxyl groups is 1. The standard InChI is InChI=1S/C27H28O4.C20H22O3.C14H16O3/c1-2-30-26(28)21-11-13-23(14-12-21)27(29,22-9-6-10-22)24-15-17-25(18-16-24)31-19-20-7-4-3-5-8-20;1-2-23-20(22)17-8-6-15(7-9-17)19(14-4-3-5-14)16-10-12-18(21)13-11-16;1-2-17-14(16)12-8-6-11(7-9-12)13(15)10-4-3-5-10/h3-5,7-8,11-18,22,29H,2,6,9-10,19H2,1H3;6-14,19,21H,2-5H2,1H3;6-10H,2-5H2,1H3. The van der Waals surface area contributed by atoms with Crippen molar-refractivity contribution in [3.05, 3.63) is 202 Å². The molecule has 0 bridgehead atoms. The Bertz CT molecular complexity index is 2630. The summed E-state index contributed by atoms with van der Waals surface area (Å²) in [6, 6.07) is 46.9. The molecule has 9 rings (SSSR count). The summed E-state index contributed by atoms with van der Waals surface area (Å²) in [5, 5.41) is 21.4. The predicted octanol–water partition coefficient (Wildman–Crippen LogP) is 12.8. The van der Waals surface area contributed by atoms with Gasteiger partial charge in [0.05, 0.1) is 36.5 Å². The third-order valence-corrected chi connectivity index (χ3v) is 13.9. The Kier molecular flexibility index (Phi) is 18.4. The lowest BCUT2D eigenvalue weighted by atomic mass is 9.66. The second-order valence-electron chi connectivity index (χ2n) is 18.4. The molecule has 0 amide bonds. The zero-order valence-corrected chi connectivity index (χ0v) is 41.1. The normalized spacial score (nSPS) is 15.5. The van der Waals surface area contributed by atoms with Crippen molar-refractivity contribution in [1.82, 2.24) is 0 Å². The molecule has 0 saturated heterocycles. The van der Waals surface area contributed by atoms with Crippen LogP contribution in [-0.4, -0.2) is 53.7 Å². The zero-order chi connectivity index (χ0) is 50.2. The highest BCUT2D eigenvalue weighted by atomic mass is 16.5. The van der Waals surface area contributed by atoms with Crippen LogP contribution in [0.5, 0.6) is 11.5 Å². The average molecular weight is 959 g/mol. The van der Waals surface area contributed by atoms with Crippen LogP contribution in [0.3, 0.4) is 0 Å². The van der Waals surface area contributed by atoms with Gasteiger partial charge in [-0.3, -0.25) is 4.79 Å². The minimum Gasteiger partial charge on any atom is -0.508 e. The molecule has 370 valence electrons. The molecule has 0 aromatic heterocycles. The molecule has 0 spiro atoms. The lowest BCUT2D eigenvalue weighted by Gasteiger charge is -2.42. The van der Waals surface area contributed by atoms with Crippen molar-refractivity contribution >= 4 is 23.7 Å². The molecule has 10 nitrogen and oxygen atoms in total. The molecule has 6 aromatic rings.